The Hall–Kier alpha value is -0.643. The molecule has 0 aliphatic carbocycles. The van der Waals surface area contributed by atoms with E-state index in [4.69, 9.17) is 9.16 Å². The minimum atomic E-state index is -1.64. The molecule has 2 atom stereocenters. The van der Waals surface area contributed by atoms with Gasteiger partial charge in [-0.2, -0.15) is 0 Å². The predicted octanol–water partition coefficient (Wildman–Crippen LogP) is 5.58. The van der Waals surface area contributed by atoms with Gasteiger partial charge in [-0.3, -0.25) is 0 Å². The summed E-state index contributed by atoms with van der Waals surface area (Å²) in [6.45, 7) is 12.3. The lowest BCUT2D eigenvalue weighted by atomic mass is 10.0. The van der Waals surface area contributed by atoms with Crippen molar-refractivity contribution in [3.63, 3.8) is 0 Å². The zero-order valence-corrected chi connectivity index (χ0v) is 16.6. The van der Waals surface area contributed by atoms with Gasteiger partial charge in [-0.15, -0.1) is 0 Å². The normalized spacial score (nSPS) is 22.5. The first-order valence-corrected chi connectivity index (χ1v) is 12.0. The van der Waals surface area contributed by atoms with Crippen LogP contribution in [0.15, 0.2) is 30.3 Å². The molecule has 1 aromatic rings. The van der Waals surface area contributed by atoms with Crippen LogP contribution in [0.3, 0.4) is 0 Å². The molecule has 0 amide bonds. The summed E-state index contributed by atoms with van der Waals surface area (Å²) >= 11 is 0. The molecule has 0 N–H and O–H groups in total. The molecule has 1 fully saturated rings. The van der Waals surface area contributed by atoms with Gasteiger partial charge in [0.15, 0.2) is 8.32 Å². The highest BCUT2D eigenvalue weighted by Gasteiger charge is 2.38. The second-order valence-corrected chi connectivity index (χ2v) is 13.2. The minimum Gasteiger partial charge on any atom is -0.414 e. The van der Waals surface area contributed by atoms with Crippen molar-refractivity contribution in [1.82, 2.24) is 0 Å². The van der Waals surface area contributed by atoms with Crippen molar-refractivity contribution in [1.29, 1.82) is 0 Å². The first kappa shape index (κ1) is 18.7. The topological polar surface area (TPSA) is 18.5 Å². The SMILES string of the molecule is CC(C)(C)[Si](C)(C)OCC1CCC(CCCc2ccccc2)O1. The van der Waals surface area contributed by atoms with E-state index in [1.807, 2.05) is 0 Å². The van der Waals surface area contributed by atoms with Crippen LogP contribution in [0.1, 0.15) is 52.0 Å². The zero-order chi connectivity index (χ0) is 16.9. The van der Waals surface area contributed by atoms with Crippen LogP contribution >= 0.6 is 0 Å². The monoisotopic (exact) mass is 334 g/mol. The highest BCUT2D eigenvalue weighted by atomic mass is 28.4. The molecule has 1 aromatic carbocycles. The number of hydrogen-bond acceptors (Lipinski definition) is 2. The summed E-state index contributed by atoms with van der Waals surface area (Å²) in [4.78, 5) is 0. The van der Waals surface area contributed by atoms with Gasteiger partial charge in [0.1, 0.15) is 0 Å². The van der Waals surface area contributed by atoms with Gasteiger partial charge in [-0.05, 0) is 55.8 Å². The standard InChI is InChI=1S/C20H34O2Si/c1-20(2,3)23(4,5)21-16-19-15-14-18(22-19)13-9-12-17-10-7-6-8-11-17/h6-8,10-11,18-19H,9,12-16H2,1-5H3. The molecule has 0 spiro atoms. The average molecular weight is 335 g/mol. The van der Waals surface area contributed by atoms with Crippen molar-refractivity contribution in [2.75, 3.05) is 6.61 Å². The van der Waals surface area contributed by atoms with Gasteiger partial charge in [0.25, 0.3) is 0 Å². The molecule has 2 nitrogen and oxygen atoms in total. The maximum absolute atomic E-state index is 6.31. The summed E-state index contributed by atoms with van der Waals surface area (Å²) in [5, 5.41) is 0.278. The molecule has 0 radical (unpaired) electrons. The highest BCUT2D eigenvalue weighted by molar-refractivity contribution is 6.74. The molecule has 3 heteroatoms. The Bertz CT molecular complexity index is 464. The molecule has 130 valence electrons. The lowest BCUT2D eigenvalue weighted by Crippen LogP contribution is -2.42. The van der Waals surface area contributed by atoms with Crippen molar-refractivity contribution in [3.8, 4) is 0 Å². The fraction of sp³-hybridized carbons (Fsp3) is 0.700. The van der Waals surface area contributed by atoms with Gasteiger partial charge in [-0.25, -0.2) is 0 Å². The van der Waals surface area contributed by atoms with E-state index in [0.717, 1.165) is 19.4 Å². The second-order valence-electron chi connectivity index (χ2n) is 8.41. The Labute approximate surface area is 143 Å². The van der Waals surface area contributed by atoms with Crippen molar-refractivity contribution >= 4 is 8.32 Å². The van der Waals surface area contributed by atoms with E-state index in [-0.39, 0.29) is 5.04 Å². The molecule has 0 bridgehead atoms. The van der Waals surface area contributed by atoms with Crippen LogP contribution in [0.5, 0.6) is 0 Å². The van der Waals surface area contributed by atoms with Crippen molar-refractivity contribution in [2.24, 2.45) is 0 Å². The van der Waals surface area contributed by atoms with E-state index in [1.54, 1.807) is 0 Å². The second kappa shape index (κ2) is 7.95. The van der Waals surface area contributed by atoms with Crippen LogP contribution in [0.25, 0.3) is 0 Å². The van der Waals surface area contributed by atoms with Gasteiger partial charge >= 0.3 is 0 Å². The number of rotatable bonds is 7. The lowest BCUT2D eigenvalue weighted by Gasteiger charge is -2.36. The summed E-state index contributed by atoms with van der Waals surface area (Å²) < 4.78 is 12.5. The fourth-order valence-electron chi connectivity index (χ4n) is 2.81. The highest BCUT2D eigenvalue weighted by Crippen LogP contribution is 2.37. The van der Waals surface area contributed by atoms with Crippen molar-refractivity contribution in [2.45, 2.75) is 83.2 Å². The average Bonchev–Trinajstić information content (AvgIpc) is 2.93. The Kier molecular flexibility index (Phi) is 6.46. The molecule has 0 aromatic heterocycles. The smallest absolute Gasteiger partial charge is 0.192 e. The third-order valence-corrected chi connectivity index (χ3v) is 9.97. The summed E-state index contributed by atoms with van der Waals surface area (Å²) in [6.07, 6.45) is 6.64. The van der Waals surface area contributed by atoms with Crippen molar-refractivity contribution < 1.29 is 9.16 Å². The van der Waals surface area contributed by atoms with Crippen LogP contribution in [-0.2, 0) is 15.6 Å². The molecular weight excluding hydrogens is 300 g/mol. The summed E-state index contributed by atoms with van der Waals surface area (Å²) in [7, 11) is -1.64. The molecule has 23 heavy (non-hydrogen) atoms. The number of hydrogen-bond donors (Lipinski definition) is 0. The number of benzene rings is 1. The first-order chi connectivity index (χ1) is 10.8. The van der Waals surface area contributed by atoms with Gasteiger partial charge in [0.05, 0.1) is 18.8 Å². The largest absolute Gasteiger partial charge is 0.414 e. The molecular formula is C20H34O2Si. The van der Waals surface area contributed by atoms with E-state index in [9.17, 15) is 0 Å². The Balaban J connectivity index is 1.66. The van der Waals surface area contributed by atoms with Crippen LogP contribution < -0.4 is 0 Å². The summed E-state index contributed by atoms with van der Waals surface area (Å²) in [5.41, 5.74) is 1.43. The maximum atomic E-state index is 6.31. The van der Waals surface area contributed by atoms with E-state index in [2.05, 4.69) is 64.2 Å². The van der Waals surface area contributed by atoms with Gasteiger partial charge < -0.3 is 9.16 Å². The molecule has 1 heterocycles. The van der Waals surface area contributed by atoms with Crippen LogP contribution in [0, 0.1) is 0 Å². The Morgan fingerprint density at radius 3 is 2.39 bits per heavy atom. The van der Waals surface area contributed by atoms with Crippen LogP contribution in [-0.4, -0.2) is 27.1 Å². The predicted molar refractivity (Wildman–Crippen MR) is 100 cm³/mol. The first-order valence-electron chi connectivity index (χ1n) is 9.11. The molecule has 0 saturated carbocycles. The third kappa shape index (κ3) is 5.73. The molecule has 1 saturated heterocycles. The van der Waals surface area contributed by atoms with E-state index in [0.29, 0.717) is 12.2 Å². The minimum absolute atomic E-state index is 0.278. The molecule has 1 aliphatic heterocycles. The zero-order valence-electron chi connectivity index (χ0n) is 15.6. The van der Waals surface area contributed by atoms with E-state index in [1.165, 1.54) is 24.8 Å². The van der Waals surface area contributed by atoms with Gasteiger partial charge in [0.2, 0.25) is 0 Å². The van der Waals surface area contributed by atoms with Crippen LogP contribution in [0.2, 0.25) is 18.1 Å². The number of aryl methyl sites for hydroxylation is 1. The third-order valence-electron chi connectivity index (χ3n) is 5.47. The number of ether oxygens (including phenoxy) is 1. The van der Waals surface area contributed by atoms with Crippen molar-refractivity contribution in [3.05, 3.63) is 35.9 Å². The van der Waals surface area contributed by atoms with E-state index < -0.39 is 8.32 Å². The van der Waals surface area contributed by atoms with E-state index >= 15 is 0 Å². The summed E-state index contributed by atoms with van der Waals surface area (Å²) in [6, 6.07) is 10.7. The molecule has 2 unspecified atom stereocenters. The van der Waals surface area contributed by atoms with Gasteiger partial charge in [-0.1, -0.05) is 51.1 Å². The van der Waals surface area contributed by atoms with Crippen LogP contribution in [0.4, 0.5) is 0 Å². The Morgan fingerprint density at radius 1 is 1.09 bits per heavy atom. The maximum Gasteiger partial charge on any atom is 0.192 e. The Morgan fingerprint density at radius 2 is 1.74 bits per heavy atom. The summed E-state index contributed by atoms with van der Waals surface area (Å²) in [5.74, 6) is 0. The molecule has 1 aliphatic rings. The quantitative estimate of drug-likeness (QED) is 0.606. The van der Waals surface area contributed by atoms with Gasteiger partial charge in [0, 0.05) is 0 Å². The lowest BCUT2D eigenvalue weighted by molar-refractivity contribution is 0.0108. The fourth-order valence-corrected chi connectivity index (χ4v) is 3.85. The molecule has 2 rings (SSSR count).